The average molecular weight is 258 g/mol. The first-order valence-corrected chi connectivity index (χ1v) is 7.73. The Morgan fingerprint density at radius 3 is 2.68 bits per heavy atom. The van der Waals surface area contributed by atoms with E-state index in [1.807, 2.05) is 0 Å². The van der Waals surface area contributed by atoms with Crippen molar-refractivity contribution in [1.29, 1.82) is 0 Å². The molecule has 2 heteroatoms. The van der Waals surface area contributed by atoms with Gasteiger partial charge in [-0.1, -0.05) is 31.2 Å². The second-order valence-corrected chi connectivity index (χ2v) is 6.60. The van der Waals surface area contributed by atoms with Crippen LogP contribution in [-0.4, -0.2) is 30.1 Å². The van der Waals surface area contributed by atoms with Crippen LogP contribution < -0.4 is 5.32 Å². The monoisotopic (exact) mass is 258 g/mol. The van der Waals surface area contributed by atoms with Gasteiger partial charge in [-0.2, -0.15) is 0 Å². The van der Waals surface area contributed by atoms with Gasteiger partial charge in [0.1, 0.15) is 0 Å². The van der Waals surface area contributed by atoms with Gasteiger partial charge in [0.15, 0.2) is 0 Å². The van der Waals surface area contributed by atoms with E-state index in [1.165, 1.54) is 43.5 Å². The fourth-order valence-electron chi connectivity index (χ4n) is 3.32. The molecule has 0 bridgehead atoms. The topological polar surface area (TPSA) is 15.3 Å². The van der Waals surface area contributed by atoms with Crippen molar-refractivity contribution in [3.8, 4) is 0 Å². The van der Waals surface area contributed by atoms with Crippen LogP contribution in [0.4, 0.5) is 0 Å². The Balaban J connectivity index is 1.61. The Hall–Kier alpha value is -0.860. The summed E-state index contributed by atoms with van der Waals surface area (Å²) in [6.07, 6.45) is 4.13. The Morgan fingerprint density at radius 2 is 1.95 bits per heavy atom. The Bertz CT molecular complexity index is 423. The zero-order chi connectivity index (χ0) is 13.2. The van der Waals surface area contributed by atoms with Crippen molar-refractivity contribution in [2.24, 2.45) is 5.92 Å². The van der Waals surface area contributed by atoms with Gasteiger partial charge < -0.3 is 5.32 Å². The Morgan fingerprint density at radius 1 is 1.16 bits per heavy atom. The van der Waals surface area contributed by atoms with Gasteiger partial charge in [-0.25, -0.2) is 0 Å². The second kappa shape index (κ2) is 5.64. The molecule has 2 aliphatic rings. The van der Waals surface area contributed by atoms with Crippen molar-refractivity contribution >= 4 is 0 Å². The van der Waals surface area contributed by atoms with E-state index in [0.29, 0.717) is 6.04 Å². The number of rotatable bonds is 4. The average Bonchev–Trinajstić information content (AvgIpc) is 3.15. The third kappa shape index (κ3) is 3.58. The number of nitrogens with one attached hydrogen (secondary N) is 1. The molecule has 1 saturated carbocycles. The molecule has 1 aromatic carbocycles. The molecule has 104 valence electrons. The van der Waals surface area contributed by atoms with E-state index in [4.69, 9.17) is 0 Å². The van der Waals surface area contributed by atoms with Gasteiger partial charge in [0.2, 0.25) is 0 Å². The molecular weight excluding hydrogens is 232 g/mol. The summed E-state index contributed by atoms with van der Waals surface area (Å²) in [4.78, 5) is 2.64. The van der Waals surface area contributed by atoms with Gasteiger partial charge in [0.25, 0.3) is 0 Å². The minimum atomic E-state index is 0.709. The van der Waals surface area contributed by atoms with Crippen molar-refractivity contribution in [2.45, 2.75) is 51.7 Å². The molecular formula is C17H26N2. The minimum Gasteiger partial charge on any atom is -0.310 e. The summed E-state index contributed by atoms with van der Waals surface area (Å²) in [6.45, 7) is 8.19. The normalized spacial score (nSPS) is 28.5. The summed E-state index contributed by atoms with van der Waals surface area (Å²) in [5.41, 5.74) is 2.91. The third-order valence-electron chi connectivity index (χ3n) is 4.44. The first kappa shape index (κ1) is 13.1. The highest BCUT2D eigenvalue weighted by molar-refractivity contribution is 5.25. The number of aryl methyl sites for hydroxylation is 1. The lowest BCUT2D eigenvalue weighted by Gasteiger charge is -2.37. The molecule has 0 spiro atoms. The van der Waals surface area contributed by atoms with Crippen LogP contribution in [0.15, 0.2) is 24.3 Å². The molecule has 2 unspecified atom stereocenters. The van der Waals surface area contributed by atoms with Crippen molar-refractivity contribution in [2.75, 3.05) is 13.1 Å². The van der Waals surface area contributed by atoms with Gasteiger partial charge in [-0.3, -0.25) is 4.90 Å². The molecule has 0 radical (unpaired) electrons. The molecule has 1 saturated heterocycles. The molecule has 1 N–H and O–H groups in total. The van der Waals surface area contributed by atoms with Crippen LogP contribution in [0.1, 0.15) is 37.3 Å². The highest BCUT2D eigenvalue weighted by Crippen LogP contribution is 2.24. The van der Waals surface area contributed by atoms with Crippen molar-refractivity contribution in [1.82, 2.24) is 10.2 Å². The molecule has 3 rings (SSSR count). The van der Waals surface area contributed by atoms with E-state index < -0.39 is 0 Å². The second-order valence-electron chi connectivity index (χ2n) is 6.60. The van der Waals surface area contributed by atoms with E-state index in [9.17, 15) is 0 Å². The molecule has 0 aromatic heterocycles. The maximum atomic E-state index is 3.81. The Labute approximate surface area is 117 Å². The van der Waals surface area contributed by atoms with Crippen molar-refractivity contribution in [3.63, 3.8) is 0 Å². The fourth-order valence-corrected chi connectivity index (χ4v) is 3.32. The fraction of sp³-hybridized carbons (Fsp3) is 0.647. The highest BCUT2D eigenvalue weighted by Gasteiger charge is 2.30. The van der Waals surface area contributed by atoms with Gasteiger partial charge in [0.05, 0.1) is 0 Å². The summed E-state index contributed by atoms with van der Waals surface area (Å²) >= 11 is 0. The van der Waals surface area contributed by atoms with Gasteiger partial charge >= 0.3 is 0 Å². The largest absolute Gasteiger partial charge is 0.310 e. The van der Waals surface area contributed by atoms with E-state index in [2.05, 4.69) is 48.3 Å². The smallest absolute Gasteiger partial charge is 0.0237 e. The number of nitrogens with zero attached hydrogens (tertiary/aromatic N) is 1. The first-order valence-electron chi connectivity index (χ1n) is 7.73. The number of hydrogen-bond donors (Lipinski definition) is 1. The van der Waals surface area contributed by atoms with Crippen molar-refractivity contribution < 1.29 is 0 Å². The molecule has 2 nitrogen and oxygen atoms in total. The van der Waals surface area contributed by atoms with Gasteiger partial charge in [-0.15, -0.1) is 0 Å². The third-order valence-corrected chi connectivity index (χ3v) is 4.44. The van der Waals surface area contributed by atoms with Crippen LogP contribution in [0.25, 0.3) is 0 Å². The molecule has 2 fully saturated rings. The zero-order valence-electron chi connectivity index (χ0n) is 12.2. The number of likely N-dealkylation sites (tertiary alicyclic amines) is 1. The number of hydrogen-bond acceptors (Lipinski definition) is 2. The van der Waals surface area contributed by atoms with Crippen LogP contribution in [0.2, 0.25) is 0 Å². The van der Waals surface area contributed by atoms with Gasteiger partial charge in [0, 0.05) is 31.7 Å². The standard InChI is InChI=1S/C17H26N2/c1-13-9-17(18-16-7-8-16)12-19(10-13)11-15-6-4-3-5-14(15)2/h3-6,13,16-18H,7-12H2,1-2H3. The number of benzene rings is 1. The lowest BCUT2D eigenvalue weighted by molar-refractivity contribution is 0.141. The quantitative estimate of drug-likeness (QED) is 0.893. The van der Waals surface area contributed by atoms with Crippen LogP contribution in [-0.2, 0) is 6.54 Å². The molecule has 1 heterocycles. The molecule has 19 heavy (non-hydrogen) atoms. The van der Waals surface area contributed by atoms with E-state index in [-0.39, 0.29) is 0 Å². The van der Waals surface area contributed by atoms with Crippen LogP contribution >= 0.6 is 0 Å². The lowest BCUT2D eigenvalue weighted by atomic mass is 9.95. The van der Waals surface area contributed by atoms with Gasteiger partial charge in [-0.05, 0) is 43.2 Å². The lowest BCUT2D eigenvalue weighted by Crippen LogP contribution is -2.48. The molecule has 1 aliphatic carbocycles. The SMILES string of the molecule is Cc1ccccc1CN1CC(C)CC(NC2CC2)C1. The predicted molar refractivity (Wildman–Crippen MR) is 80.2 cm³/mol. The van der Waals surface area contributed by atoms with Crippen LogP contribution in [0.5, 0.6) is 0 Å². The predicted octanol–water partition coefficient (Wildman–Crippen LogP) is 2.96. The maximum absolute atomic E-state index is 3.81. The minimum absolute atomic E-state index is 0.709. The zero-order valence-corrected chi connectivity index (χ0v) is 12.2. The van der Waals surface area contributed by atoms with E-state index in [1.54, 1.807) is 0 Å². The summed E-state index contributed by atoms with van der Waals surface area (Å²) in [7, 11) is 0. The summed E-state index contributed by atoms with van der Waals surface area (Å²) in [5.74, 6) is 0.814. The molecule has 0 amide bonds. The molecule has 2 atom stereocenters. The van der Waals surface area contributed by atoms with Crippen LogP contribution in [0.3, 0.4) is 0 Å². The van der Waals surface area contributed by atoms with Crippen LogP contribution in [0, 0.1) is 12.8 Å². The summed E-state index contributed by atoms with van der Waals surface area (Å²) in [6, 6.07) is 10.3. The summed E-state index contributed by atoms with van der Waals surface area (Å²) in [5, 5.41) is 3.81. The van der Waals surface area contributed by atoms with Crippen molar-refractivity contribution in [3.05, 3.63) is 35.4 Å². The maximum Gasteiger partial charge on any atom is 0.0237 e. The van der Waals surface area contributed by atoms with E-state index in [0.717, 1.165) is 18.5 Å². The molecule has 1 aromatic rings. The highest BCUT2D eigenvalue weighted by atomic mass is 15.2. The Kier molecular flexibility index (Phi) is 3.90. The number of piperidine rings is 1. The van der Waals surface area contributed by atoms with E-state index >= 15 is 0 Å². The molecule has 1 aliphatic heterocycles. The first-order chi connectivity index (χ1) is 9.20. The summed E-state index contributed by atoms with van der Waals surface area (Å²) < 4.78 is 0.